The Balaban J connectivity index is 2.53. The monoisotopic (exact) mass is 316 g/mol. The minimum Gasteiger partial charge on any atom is -0.347 e. The lowest BCUT2D eigenvalue weighted by atomic mass is 9.96. The van der Waals surface area contributed by atoms with Crippen LogP contribution < -0.4 is 5.32 Å². The molecule has 0 aromatic carbocycles. The number of amides is 2. The van der Waals surface area contributed by atoms with E-state index in [1.165, 1.54) is 11.3 Å². The number of nitrogens with zero attached hydrogens (tertiary/aromatic N) is 1. The second kappa shape index (κ2) is 7.09. The predicted octanol–water partition coefficient (Wildman–Crippen LogP) is 2.91. The topological polar surface area (TPSA) is 49.4 Å². The van der Waals surface area contributed by atoms with E-state index in [0.717, 1.165) is 4.88 Å². The van der Waals surface area contributed by atoms with Crippen LogP contribution in [0.2, 0.25) is 4.34 Å². The van der Waals surface area contributed by atoms with E-state index in [4.69, 9.17) is 11.6 Å². The normalized spacial score (nSPS) is 11.2. The van der Waals surface area contributed by atoms with Gasteiger partial charge in [-0.3, -0.25) is 9.59 Å². The number of carbonyl (C=O) groups is 2. The molecule has 2 amide bonds. The van der Waals surface area contributed by atoms with Gasteiger partial charge >= 0.3 is 0 Å². The fourth-order valence-corrected chi connectivity index (χ4v) is 2.64. The van der Waals surface area contributed by atoms with Gasteiger partial charge in [-0.2, -0.15) is 0 Å². The molecule has 0 bridgehead atoms. The zero-order chi connectivity index (χ0) is 15.3. The molecule has 0 aliphatic rings. The molecule has 0 radical (unpaired) electrons. The van der Waals surface area contributed by atoms with Crippen LogP contribution in [0.5, 0.6) is 0 Å². The van der Waals surface area contributed by atoms with Gasteiger partial charge in [-0.05, 0) is 19.1 Å². The highest BCUT2D eigenvalue weighted by atomic mass is 35.5. The summed E-state index contributed by atoms with van der Waals surface area (Å²) in [7, 11) is 0. The number of hydrogen-bond donors (Lipinski definition) is 1. The molecule has 0 aliphatic carbocycles. The summed E-state index contributed by atoms with van der Waals surface area (Å²) in [5.74, 6) is -0.212. The van der Waals surface area contributed by atoms with Gasteiger partial charge in [0.1, 0.15) is 0 Å². The fraction of sp³-hybridized carbons (Fsp3) is 0.571. The molecule has 1 aromatic rings. The number of nitrogens with one attached hydrogen (secondary N) is 1. The van der Waals surface area contributed by atoms with Crippen molar-refractivity contribution in [2.24, 2.45) is 5.41 Å². The lowest BCUT2D eigenvalue weighted by Crippen LogP contribution is -2.43. The van der Waals surface area contributed by atoms with Gasteiger partial charge in [0.05, 0.1) is 17.4 Å². The molecule has 1 aromatic heterocycles. The molecule has 6 heteroatoms. The average molecular weight is 317 g/mol. The first-order valence-electron chi connectivity index (χ1n) is 6.54. The zero-order valence-corrected chi connectivity index (χ0v) is 13.9. The van der Waals surface area contributed by atoms with Gasteiger partial charge in [0.15, 0.2) is 0 Å². The van der Waals surface area contributed by atoms with Gasteiger partial charge in [-0.15, -0.1) is 11.3 Å². The molecule has 0 atom stereocenters. The molecular formula is C14H21ClN2O2S. The molecular weight excluding hydrogens is 296 g/mol. The van der Waals surface area contributed by atoms with Gasteiger partial charge in [0.25, 0.3) is 0 Å². The van der Waals surface area contributed by atoms with E-state index in [9.17, 15) is 9.59 Å². The molecule has 0 saturated heterocycles. The van der Waals surface area contributed by atoms with Crippen LogP contribution in [0.3, 0.4) is 0 Å². The number of rotatable bonds is 5. The second-order valence-corrected chi connectivity index (χ2v) is 7.35. The molecule has 20 heavy (non-hydrogen) atoms. The van der Waals surface area contributed by atoms with Crippen LogP contribution in [0.25, 0.3) is 0 Å². The molecule has 1 rings (SSSR count). The highest BCUT2D eigenvalue weighted by molar-refractivity contribution is 7.16. The van der Waals surface area contributed by atoms with Crippen LogP contribution in [0.4, 0.5) is 0 Å². The minimum atomic E-state index is -0.487. The predicted molar refractivity (Wildman–Crippen MR) is 82.9 cm³/mol. The Morgan fingerprint density at radius 2 is 2.00 bits per heavy atom. The molecule has 0 spiro atoms. The molecule has 0 saturated carbocycles. The third-order valence-electron chi connectivity index (χ3n) is 2.79. The quantitative estimate of drug-likeness (QED) is 0.908. The molecule has 0 unspecified atom stereocenters. The number of carbonyl (C=O) groups excluding carboxylic acids is 2. The van der Waals surface area contributed by atoms with Gasteiger partial charge in [0.2, 0.25) is 11.8 Å². The maximum atomic E-state index is 12.1. The maximum absolute atomic E-state index is 12.1. The molecule has 0 aliphatic heterocycles. The van der Waals surface area contributed by atoms with E-state index in [1.54, 1.807) is 4.90 Å². The van der Waals surface area contributed by atoms with E-state index in [2.05, 4.69) is 5.32 Å². The highest BCUT2D eigenvalue weighted by Crippen LogP contribution is 2.22. The van der Waals surface area contributed by atoms with E-state index in [1.807, 2.05) is 39.8 Å². The SMILES string of the molecule is CCN(Cc1ccc(Cl)s1)C(=O)CNC(=O)C(C)(C)C. The van der Waals surface area contributed by atoms with Crippen molar-refractivity contribution < 1.29 is 9.59 Å². The first-order valence-corrected chi connectivity index (χ1v) is 7.73. The molecule has 4 nitrogen and oxygen atoms in total. The number of likely N-dealkylation sites (N-methyl/N-ethyl adjacent to an activating group) is 1. The van der Waals surface area contributed by atoms with Crippen molar-refractivity contribution in [1.82, 2.24) is 10.2 Å². The highest BCUT2D eigenvalue weighted by Gasteiger charge is 2.22. The van der Waals surface area contributed by atoms with Gasteiger partial charge in [0, 0.05) is 16.8 Å². The summed E-state index contributed by atoms with van der Waals surface area (Å²) in [5.41, 5.74) is -0.487. The van der Waals surface area contributed by atoms with Gasteiger partial charge in [-0.25, -0.2) is 0 Å². The van der Waals surface area contributed by atoms with E-state index in [0.29, 0.717) is 17.4 Å². The lowest BCUT2D eigenvalue weighted by molar-refractivity contribution is -0.135. The van der Waals surface area contributed by atoms with Crippen LogP contribution in [0, 0.1) is 5.41 Å². The summed E-state index contributed by atoms with van der Waals surface area (Å²) in [5, 5.41) is 2.68. The van der Waals surface area contributed by atoms with Crippen molar-refractivity contribution >= 4 is 34.8 Å². The van der Waals surface area contributed by atoms with Crippen LogP contribution in [0.15, 0.2) is 12.1 Å². The summed E-state index contributed by atoms with van der Waals surface area (Å²) in [6.45, 7) is 8.52. The number of hydrogen-bond acceptors (Lipinski definition) is 3. The van der Waals surface area contributed by atoms with Crippen molar-refractivity contribution in [3.05, 3.63) is 21.3 Å². The summed E-state index contributed by atoms with van der Waals surface area (Å²) in [4.78, 5) is 26.6. The smallest absolute Gasteiger partial charge is 0.242 e. The van der Waals surface area contributed by atoms with Crippen molar-refractivity contribution in [2.75, 3.05) is 13.1 Å². The fourth-order valence-electron chi connectivity index (χ4n) is 1.53. The van der Waals surface area contributed by atoms with E-state index >= 15 is 0 Å². The summed E-state index contributed by atoms with van der Waals surface area (Å²) >= 11 is 7.34. The lowest BCUT2D eigenvalue weighted by Gasteiger charge is -2.22. The van der Waals surface area contributed by atoms with E-state index in [-0.39, 0.29) is 18.4 Å². The molecule has 0 fully saturated rings. The largest absolute Gasteiger partial charge is 0.347 e. The Morgan fingerprint density at radius 3 is 2.45 bits per heavy atom. The summed E-state index contributed by atoms with van der Waals surface area (Å²) in [6.07, 6.45) is 0. The molecule has 1 N–H and O–H groups in total. The van der Waals surface area contributed by atoms with Crippen LogP contribution in [0.1, 0.15) is 32.6 Å². The third kappa shape index (κ3) is 5.13. The Morgan fingerprint density at radius 1 is 1.35 bits per heavy atom. The molecule has 1 heterocycles. The average Bonchev–Trinajstić information content (AvgIpc) is 2.77. The Labute approximate surface area is 129 Å². The van der Waals surface area contributed by atoms with Crippen LogP contribution in [-0.4, -0.2) is 29.8 Å². The number of thiophene rings is 1. The second-order valence-electron chi connectivity index (χ2n) is 5.55. The molecule has 112 valence electrons. The Hall–Kier alpha value is -1.07. The zero-order valence-electron chi connectivity index (χ0n) is 12.3. The summed E-state index contributed by atoms with van der Waals surface area (Å²) in [6, 6.07) is 3.73. The maximum Gasteiger partial charge on any atom is 0.242 e. The standard InChI is InChI=1S/C14H21ClN2O2S/c1-5-17(9-10-6-7-11(15)20-10)12(18)8-16-13(19)14(2,3)4/h6-7H,5,8-9H2,1-4H3,(H,16,19). The van der Waals surface area contributed by atoms with Gasteiger partial charge in [-0.1, -0.05) is 32.4 Å². The van der Waals surface area contributed by atoms with Crippen molar-refractivity contribution in [1.29, 1.82) is 0 Å². The van der Waals surface area contributed by atoms with Crippen molar-refractivity contribution in [2.45, 2.75) is 34.2 Å². The minimum absolute atomic E-state index is 0.0308. The first kappa shape index (κ1) is 17.0. The van der Waals surface area contributed by atoms with E-state index < -0.39 is 5.41 Å². The Bertz CT molecular complexity index is 480. The van der Waals surface area contributed by atoms with Crippen molar-refractivity contribution in [3.63, 3.8) is 0 Å². The van der Waals surface area contributed by atoms with Crippen LogP contribution in [-0.2, 0) is 16.1 Å². The van der Waals surface area contributed by atoms with Crippen LogP contribution >= 0.6 is 22.9 Å². The van der Waals surface area contributed by atoms with Gasteiger partial charge < -0.3 is 10.2 Å². The Kier molecular flexibility index (Phi) is 6.02. The van der Waals surface area contributed by atoms with Crippen molar-refractivity contribution in [3.8, 4) is 0 Å². The summed E-state index contributed by atoms with van der Waals surface area (Å²) < 4.78 is 0.713. The third-order valence-corrected chi connectivity index (χ3v) is 4.01. The number of halogens is 1. The first-order chi connectivity index (χ1) is 9.24.